The Balaban J connectivity index is 0. The maximum absolute atomic E-state index is 11.7. The maximum Gasteiger partial charge on any atom is 0.407 e. The Kier molecular flexibility index (Phi) is 39.4. The second kappa shape index (κ2) is 39.5. The van der Waals surface area contributed by atoms with Crippen LogP contribution in [0.5, 0.6) is 0 Å². The van der Waals surface area contributed by atoms with Crippen molar-refractivity contribution in [3.63, 3.8) is 0 Å². The molecule has 0 radical (unpaired) electrons. The minimum absolute atomic E-state index is 0.0548. The predicted molar refractivity (Wildman–Crippen MR) is 228 cm³/mol. The summed E-state index contributed by atoms with van der Waals surface area (Å²) in [5, 5.41) is 152. The van der Waals surface area contributed by atoms with Crippen LogP contribution in [0.2, 0.25) is 0 Å². The van der Waals surface area contributed by atoms with E-state index in [0.717, 1.165) is 7.11 Å². The number of hydrogen-bond donors (Lipinski definition) is 17. The molecule has 0 bridgehead atoms. The van der Waals surface area contributed by atoms with E-state index in [0.29, 0.717) is 0 Å². The molecule has 0 rings (SSSR count). The Labute approximate surface area is 385 Å². The van der Waals surface area contributed by atoms with Crippen LogP contribution in [0, 0.1) is 0 Å². The predicted octanol–water partition coefficient (Wildman–Crippen LogP) is -7.67. The number of hydrogen-bond acceptors (Lipinski definition) is 25. The molecule has 2 amide bonds. The lowest BCUT2D eigenvalue weighted by Gasteiger charge is -2.33. The summed E-state index contributed by atoms with van der Waals surface area (Å²) < 4.78 is 36.1. The number of ether oxygens (including phenoxy) is 7. The summed E-state index contributed by atoms with van der Waals surface area (Å²) in [6.07, 6.45) is -18.7. The second-order valence-corrected chi connectivity index (χ2v) is 16.1. The first-order chi connectivity index (χ1) is 31.1. The number of aliphatic hydroxyl groups is 15. The van der Waals surface area contributed by atoms with Crippen LogP contribution in [0.3, 0.4) is 0 Å². The molecule has 12 unspecified atom stereocenters. The van der Waals surface area contributed by atoms with E-state index < -0.39 is 124 Å². The molecular weight excluding hydrogens is 894 g/mol. The number of rotatable bonds is 39. The van der Waals surface area contributed by atoms with E-state index in [1.165, 1.54) is 4.90 Å². The highest BCUT2D eigenvalue weighted by Crippen LogP contribution is 2.11. The van der Waals surface area contributed by atoms with Crippen LogP contribution < -0.4 is 10.6 Å². The van der Waals surface area contributed by atoms with Gasteiger partial charge in [0.15, 0.2) is 0 Å². The molecule has 396 valence electrons. The van der Waals surface area contributed by atoms with Crippen LogP contribution in [-0.2, 0) is 33.2 Å². The average Bonchev–Trinajstić information content (AvgIpc) is 3.24. The van der Waals surface area contributed by atoms with Crippen molar-refractivity contribution in [3.8, 4) is 0 Å². The molecule has 0 aromatic rings. The molecule has 0 spiro atoms. The average molecular weight is 976 g/mol. The summed E-state index contributed by atoms with van der Waals surface area (Å²) in [5.41, 5.74) is -0.662. The third-order valence-corrected chi connectivity index (χ3v) is 8.36. The van der Waals surface area contributed by atoms with Gasteiger partial charge in [0.1, 0.15) is 54.9 Å². The quantitative estimate of drug-likeness (QED) is 0.0254. The van der Waals surface area contributed by atoms with Crippen molar-refractivity contribution in [1.82, 2.24) is 15.5 Å². The summed E-state index contributed by atoms with van der Waals surface area (Å²) >= 11 is 0. The number of aliphatic hydroxyl groups excluding tert-OH is 15. The second-order valence-electron chi connectivity index (χ2n) is 16.1. The standard InChI is InChI=1S/C38H77N3O23.CH4O/c1-38(2,3)64-37(57)40-7-6-39-36(56)63-23-29(49)22-62-21-28(48)20-61-19-27(47)18-60-17-26(46)16-59-15-25(45)14-58-13-24(44)10-41(11-32(52)34(54)30(50)4-8-42)12-33(53)35(55)31(51)5-9-43;1-2/h24-35,42-55H,4-23H2,1-3H3,(H,39,56)(H,40,57);2H,1H3. The van der Waals surface area contributed by atoms with Gasteiger partial charge in [-0.05, 0) is 33.6 Å². The molecule has 66 heavy (non-hydrogen) atoms. The van der Waals surface area contributed by atoms with E-state index in [2.05, 4.69) is 10.6 Å². The summed E-state index contributed by atoms with van der Waals surface area (Å²) in [6, 6.07) is 0. The van der Waals surface area contributed by atoms with Crippen molar-refractivity contribution in [3.05, 3.63) is 0 Å². The van der Waals surface area contributed by atoms with Crippen LogP contribution in [0.1, 0.15) is 33.6 Å². The Morgan fingerprint density at radius 1 is 0.455 bits per heavy atom. The van der Waals surface area contributed by atoms with Crippen molar-refractivity contribution in [1.29, 1.82) is 0 Å². The molecule has 0 aliphatic rings. The molecule has 12 atom stereocenters. The molecule has 17 N–H and O–H groups in total. The first-order valence-corrected chi connectivity index (χ1v) is 21.4. The highest BCUT2D eigenvalue weighted by atomic mass is 16.6. The number of nitrogens with zero attached hydrogens (tertiary/aromatic N) is 1. The number of alkyl carbamates (subject to hydrolysis) is 2. The van der Waals surface area contributed by atoms with Gasteiger partial charge in [0, 0.05) is 53.0 Å². The van der Waals surface area contributed by atoms with Crippen LogP contribution >= 0.6 is 0 Å². The largest absolute Gasteiger partial charge is 0.447 e. The zero-order valence-corrected chi connectivity index (χ0v) is 38.4. The van der Waals surface area contributed by atoms with Gasteiger partial charge >= 0.3 is 12.2 Å². The van der Waals surface area contributed by atoms with Crippen molar-refractivity contribution in [2.24, 2.45) is 0 Å². The van der Waals surface area contributed by atoms with Gasteiger partial charge in [0.25, 0.3) is 0 Å². The summed E-state index contributed by atoms with van der Waals surface area (Å²) in [6.45, 7) is 0.0504. The highest BCUT2D eigenvalue weighted by molar-refractivity contribution is 5.68. The van der Waals surface area contributed by atoms with Crippen molar-refractivity contribution in [2.75, 3.05) is 126 Å². The smallest absolute Gasteiger partial charge is 0.407 e. The van der Waals surface area contributed by atoms with Gasteiger partial charge in [-0.15, -0.1) is 0 Å². The first-order valence-electron chi connectivity index (χ1n) is 21.4. The van der Waals surface area contributed by atoms with Gasteiger partial charge in [0.05, 0.1) is 96.6 Å². The van der Waals surface area contributed by atoms with Crippen LogP contribution in [0.4, 0.5) is 9.59 Å². The first kappa shape index (κ1) is 65.8. The molecule has 0 aliphatic carbocycles. The molecule has 0 aliphatic heterocycles. The Morgan fingerprint density at radius 3 is 1.08 bits per heavy atom. The number of carbonyl (C=O) groups excluding carboxylic acids is 2. The van der Waals surface area contributed by atoms with Crippen molar-refractivity contribution >= 4 is 12.2 Å². The molecule has 0 aromatic carbocycles. The third-order valence-electron chi connectivity index (χ3n) is 8.36. The van der Waals surface area contributed by atoms with E-state index >= 15 is 0 Å². The molecule has 27 nitrogen and oxygen atoms in total. The van der Waals surface area contributed by atoms with Gasteiger partial charge in [-0.3, -0.25) is 4.90 Å². The Bertz CT molecular complexity index is 1140. The molecule has 0 heterocycles. The topological polar surface area (TPSA) is 430 Å². The molecule has 27 heteroatoms. The highest BCUT2D eigenvalue weighted by Gasteiger charge is 2.31. The molecule has 0 fully saturated rings. The lowest BCUT2D eigenvalue weighted by atomic mass is 10.0. The van der Waals surface area contributed by atoms with Gasteiger partial charge in [-0.2, -0.15) is 0 Å². The summed E-state index contributed by atoms with van der Waals surface area (Å²) in [7, 11) is 1.00. The van der Waals surface area contributed by atoms with E-state index in [1.807, 2.05) is 0 Å². The lowest BCUT2D eigenvalue weighted by Crippen LogP contribution is -2.51. The number of amides is 2. The minimum Gasteiger partial charge on any atom is -0.447 e. The van der Waals surface area contributed by atoms with E-state index in [-0.39, 0.29) is 98.5 Å². The van der Waals surface area contributed by atoms with Gasteiger partial charge in [-0.1, -0.05) is 0 Å². The van der Waals surface area contributed by atoms with Crippen molar-refractivity contribution in [2.45, 2.75) is 112 Å². The van der Waals surface area contributed by atoms with E-state index in [4.69, 9.17) is 48.5 Å². The van der Waals surface area contributed by atoms with Gasteiger partial charge < -0.3 is 120 Å². The minimum atomic E-state index is -1.71. The molecule has 0 aromatic heterocycles. The molecule has 0 saturated heterocycles. The maximum atomic E-state index is 11.7. The Morgan fingerprint density at radius 2 is 0.758 bits per heavy atom. The SMILES string of the molecule is CC(C)(C)OC(=O)NCCNC(=O)OCC(O)COCC(O)COCC(O)COCC(O)COCC(O)COCC(O)CN(CC(O)C(O)C(O)CCO)CC(O)C(O)C(O)CCO.CO. The lowest BCUT2D eigenvalue weighted by molar-refractivity contribution is -0.0996. The number of nitrogens with one attached hydrogen (secondary N) is 2. The van der Waals surface area contributed by atoms with Crippen LogP contribution in [0.25, 0.3) is 0 Å². The van der Waals surface area contributed by atoms with E-state index in [9.17, 15) is 70.9 Å². The van der Waals surface area contributed by atoms with E-state index in [1.54, 1.807) is 20.8 Å². The van der Waals surface area contributed by atoms with Crippen LogP contribution in [0.15, 0.2) is 0 Å². The fraction of sp³-hybridized carbons (Fsp3) is 0.949. The normalized spacial score (nSPS) is 17.5. The van der Waals surface area contributed by atoms with Gasteiger partial charge in [-0.25, -0.2) is 9.59 Å². The van der Waals surface area contributed by atoms with Gasteiger partial charge in [0.2, 0.25) is 0 Å². The van der Waals surface area contributed by atoms with Crippen molar-refractivity contribution < 1.29 is 119 Å². The van der Waals surface area contributed by atoms with Crippen LogP contribution in [-0.4, -0.2) is 298 Å². The zero-order valence-electron chi connectivity index (χ0n) is 38.4. The third kappa shape index (κ3) is 36.7. The monoisotopic (exact) mass is 976 g/mol. The Hall–Kier alpha value is -2.30. The zero-order chi connectivity index (χ0) is 50.7. The number of carbonyl (C=O) groups is 2. The fourth-order valence-corrected chi connectivity index (χ4v) is 5.25. The molecular formula is C39H81N3O24. The fourth-order valence-electron chi connectivity index (χ4n) is 5.25. The molecule has 0 saturated carbocycles. The summed E-state index contributed by atoms with van der Waals surface area (Å²) in [4.78, 5) is 24.5. The summed E-state index contributed by atoms with van der Waals surface area (Å²) in [5.74, 6) is 0.